The summed E-state index contributed by atoms with van der Waals surface area (Å²) in [6.45, 7) is 9.79. The summed E-state index contributed by atoms with van der Waals surface area (Å²) in [7, 11) is 0. The molecule has 2 N–H and O–H groups in total. The highest BCUT2D eigenvalue weighted by Crippen LogP contribution is 2.60. The molecule has 0 aliphatic carbocycles. The van der Waals surface area contributed by atoms with Crippen LogP contribution in [0.5, 0.6) is 0 Å². The molecule has 3 aliphatic heterocycles. The Morgan fingerprint density at radius 3 is 2.67 bits per heavy atom. The topological polar surface area (TPSA) is 125 Å². The summed E-state index contributed by atoms with van der Waals surface area (Å²) in [6, 6.07) is 5.99. The first-order valence-corrected chi connectivity index (χ1v) is 16.9. The van der Waals surface area contributed by atoms with Crippen molar-refractivity contribution in [3.05, 3.63) is 54.6 Å². The molecule has 1 unspecified atom stereocenters. The number of carbonyl (C=O) groups is 4. The first-order chi connectivity index (χ1) is 21.6. The molecule has 246 valence electrons. The average molecular weight is 709 g/mol. The van der Waals surface area contributed by atoms with Gasteiger partial charge in [0.2, 0.25) is 11.8 Å². The van der Waals surface area contributed by atoms with Crippen molar-refractivity contribution < 1.29 is 33.8 Å². The zero-order valence-corrected chi connectivity index (χ0v) is 28.0. The predicted molar refractivity (Wildman–Crippen MR) is 175 cm³/mol. The predicted octanol–water partition coefficient (Wildman–Crippen LogP) is 4.17. The van der Waals surface area contributed by atoms with E-state index in [2.05, 4.69) is 34.4 Å². The number of hydrogen-bond acceptors (Lipinski definition) is 7. The molecule has 10 nitrogen and oxygen atoms in total. The van der Waals surface area contributed by atoms with Crippen molar-refractivity contribution >= 4 is 56.9 Å². The van der Waals surface area contributed by atoms with E-state index in [0.717, 1.165) is 12.8 Å². The summed E-state index contributed by atoms with van der Waals surface area (Å²) in [5.74, 6) is -3.30. The number of nitrogens with zero attached hydrogens (tertiary/aromatic N) is 2. The van der Waals surface area contributed by atoms with Crippen LogP contribution in [-0.2, 0) is 28.7 Å². The van der Waals surface area contributed by atoms with E-state index < -0.39 is 41.7 Å². The molecule has 3 fully saturated rings. The number of likely N-dealkylation sites (tertiary alicyclic amines) is 1. The van der Waals surface area contributed by atoms with Crippen LogP contribution in [0.2, 0.25) is 5.02 Å². The number of anilines is 1. The minimum absolute atomic E-state index is 0.0892. The van der Waals surface area contributed by atoms with Gasteiger partial charge in [0.25, 0.3) is 5.91 Å². The van der Waals surface area contributed by atoms with E-state index in [1.54, 1.807) is 48.2 Å². The van der Waals surface area contributed by atoms with Gasteiger partial charge in [0, 0.05) is 30.9 Å². The normalized spacial score (nSPS) is 27.2. The van der Waals surface area contributed by atoms with Gasteiger partial charge in [0.05, 0.1) is 35.2 Å². The highest BCUT2D eigenvalue weighted by Gasteiger charge is 2.77. The number of aliphatic hydroxyl groups excluding tert-OH is 1. The molecule has 1 aromatic carbocycles. The lowest BCUT2D eigenvalue weighted by Crippen LogP contribution is -2.57. The smallest absolute Gasteiger partial charge is 0.312 e. The molecular weight excluding hydrogens is 666 g/mol. The second-order valence-corrected chi connectivity index (χ2v) is 13.5. The summed E-state index contributed by atoms with van der Waals surface area (Å²) >= 11 is 10.2. The first-order valence-electron chi connectivity index (χ1n) is 15.6. The van der Waals surface area contributed by atoms with E-state index in [0.29, 0.717) is 42.9 Å². The van der Waals surface area contributed by atoms with Crippen LogP contribution in [0.3, 0.4) is 0 Å². The Labute approximate surface area is 278 Å². The van der Waals surface area contributed by atoms with E-state index in [1.165, 1.54) is 4.90 Å². The number of nitrogens with one attached hydrogen (secondary N) is 1. The summed E-state index contributed by atoms with van der Waals surface area (Å²) in [6.07, 6.45) is 5.94. The molecule has 3 saturated heterocycles. The van der Waals surface area contributed by atoms with Gasteiger partial charge in [-0.05, 0) is 44.7 Å². The fourth-order valence-corrected chi connectivity index (χ4v) is 8.00. The van der Waals surface area contributed by atoms with Crippen molar-refractivity contribution in [1.82, 2.24) is 10.2 Å². The third-order valence-electron chi connectivity index (χ3n) is 8.80. The fraction of sp³-hybridized carbons (Fsp3) is 0.576. The summed E-state index contributed by atoms with van der Waals surface area (Å²) in [5, 5.41) is 12.3. The largest absolute Gasteiger partial charge is 0.460 e. The number of benzene rings is 1. The number of unbranched alkanes of at least 4 members (excludes halogenated alkanes) is 3. The van der Waals surface area contributed by atoms with E-state index in [9.17, 15) is 24.3 Å². The Bertz CT molecular complexity index is 1280. The number of para-hydroxylation sites is 1. The number of rotatable bonds is 17. The molecule has 0 radical (unpaired) electrons. The second-order valence-electron chi connectivity index (χ2n) is 11.9. The number of halogens is 2. The van der Waals surface area contributed by atoms with Gasteiger partial charge in [0.1, 0.15) is 17.7 Å². The van der Waals surface area contributed by atoms with Crippen LogP contribution in [-0.4, -0.2) is 88.6 Å². The van der Waals surface area contributed by atoms with Gasteiger partial charge in [-0.1, -0.05) is 64.7 Å². The van der Waals surface area contributed by atoms with Crippen molar-refractivity contribution in [2.24, 2.45) is 11.8 Å². The van der Waals surface area contributed by atoms with Gasteiger partial charge in [-0.3, -0.25) is 19.2 Å². The maximum atomic E-state index is 14.6. The number of carbonyl (C=O) groups excluding carboxylic acids is 4. The summed E-state index contributed by atoms with van der Waals surface area (Å²) in [4.78, 5) is 57.5. The number of amides is 3. The molecule has 0 aromatic heterocycles. The zero-order chi connectivity index (χ0) is 32.7. The van der Waals surface area contributed by atoms with Crippen LogP contribution >= 0.6 is 27.5 Å². The Kier molecular flexibility index (Phi) is 12.3. The summed E-state index contributed by atoms with van der Waals surface area (Å²) in [5.41, 5.74) is -0.771. The molecular formula is C33H43BrClN3O7. The molecule has 12 heteroatoms. The highest BCUT2D eigenvalue weighted by molar-refractivity contribution is 9.09. The van der Waals surface area contributed by atoms with Crippen molar-refractivity contribution in [2.75, 3.05) is 31.1 Å². The molecule has 7 atom stereocenters. The maximum absolute atomic E-state index is 14.6. The van der Waals surface area contributed by atoms with E-state index in [4.69, 9.17) is 21.1 Å². The third kappa shape index (κ3) is 7.32. The van der Waals surface area contributed by atoms with Gasteiger partial charge in [-0.25, -0.2) is 0 Å². The van der Waals surface area contributed by atoms with Crippen LogP contribution in [0.25, 0.3) is 0 Å². The lowest BCUT2D eigenvalue weighted by atomic mass is 9.70. The molecule has 4 rings (SSSR count). The minimum Gasteiger partial charge on any atom is -0.460 e. The van der Waals surface area contributed by atoms with Crippen molar-refractivity contribution in [3.63, 3.8) is 0 Å². The first kappa shape index (κ1) is 35.1. The number of ether oxygens (including phenoxy) is 2. The number of hydrogen-bond donors (Lipinski definition) is 2. The van der Waals surface area contributed by atoms with Crippen LogP contribution in [0, 0.1) is 11.8 Å². The second kappa shape index (κ2) is 15.7. The van der Waals surface area contributed by atoms with Crippen molar-refractivity contribution in [2.45, 2.75) is 80.5 Å². The van der Waals surface area contributed by atoms with E-state index in [-0.39, 0.29) is 48.7 Å². The number of fused-ring (bicyclic) bond motifs is 1. The van der Waals surface area contributed by atoms with Crippen molar-refractivity contribution in [3.8, 4) is 0 Å². The number of alkyl halides is 1. The van der Waals surface area contributed by atoms with Gasteiger partial charge in [-0.2, -0.15) is 0 Å². The number of allylic oxidation sites excluding steroid dienone is 1. The molecule has 0 saturated carbocycles. The van der Waals surface area contributed by atoms with E-state index >= 15 is 0 Å². The monoisotopic (exact) mass is 707 g/mol. The Morgan fingerprint density at radius 1 is 1.24 bits per heavy atom. The van der Waals surface area contributed by atoms with Gasteiger partial charge < -0.3 is 29.7 Å². The van der Waals surface area contributed by atoms with Gasteiger partial charge in [0.15, 0.2) is 0 Å². The summed E-state index contributed by atoms with van der Waals surface area (Å²) < 4.78 is 12.4. The third-order valence-corrected chi connectivity index (χ3v) is 9.97. The Balaban J connectivity index is 1.63. The standard InChI is InChI=1S/C33H43BrClN3O7/c1-4-6-15-25(40)36-20-21(3)44-32(43)26-27-30(41)38(17-11-7-8-12-18-39)29(33(27)19-22(34)28(26)45-33)31(42)37(16-5-2)24-14-10-9-13-23(24)35/h4-5,9-10,13-14,21-22,26-29,39H,1-2,6-8,11-12,15-20H2,3H3,(H,36,40)/t21-,22?,26+,27-,28+,29+,33-/m1/s1. The lowest BCUT2D eigenvalue weighted by Gasteiger charge is -2.37. The fourth-order valence-electron chi connectivity index (χ4n) is 6.82. The zero-order valence-electron chi connectivity index (χ0n) is 25.7. The molecule has 2 bridgehead atoms. The average Bonchev–Trinajstić information content (AvgIpc) is 3.61. The van der Waals surface area contributed by atoms with Gasteiger partial charge >= 0.3 is 5.97 Å². The lowest BCUT2D eigenvalue weighted by molar-refractivity contribution is -0.159. The number of aliphatic hydroxyl groups is 1. The molecule has 3 heterocycles. The van der Waals surface area contributed by atoms with Gasteiger partial charge in [-0.15, -0.1) is 13.2 Å². The quantitative estimate of drug-likeness (QED) is 0.108. The highest BCUT2D eigenvalue weighted by atomic mass is 79.9. The molecule has 3 amide bonds. The van der Waals surface area contributed by atoms with Crippen LogP contribution in [0.15, 0.2) is 49.6 Å². The Morgan fingerprint density at radius 2 is 1.98 bits per heavy atom. The number of esters is 1. The van der Waals surface area contributed by atoms with E-state index in [1.807, 2.05) is 0 Å². The van der Waals surface area contributed by atoms with Crippen molar-refractivity contribution in [1.29, 1.82) is 0 Å². The molecule has 3 aliphatic rings. The van der Waals surface area contributed by atoms with Crippen LogP contribution in [0.4, 0.5) is 5.69 Å². The van der Waals surface area contributed by atoms with Crippen LogP contribution in [0.1, 0.15) is 51.9 Å². The molecule has 1 spiro atoms. The molecule has 1 aromatic rings. The maximum Gasteiger partial charge on any atom is 0.312 e. The molecule has 45 heavy (non-hydrogen) atoms. The van der Waals surface area contributed by atoms with Crippen LogP contribution < -0.4 is 10.2 Å². The SMILES string of the molecule is C=CCCC(=O)NC[C@@H](C)OC(=O)[C@@H]1[C@H]2O[C@@]3(CC2Br)[C@H](C(=O)N(CC=C)c2ccccc2Cl)N(CCCCCCO)C(=O)[C@@H]13. The minimum atomic E-state index is -1.26. The Hall–Kier alpha value is -2.73.